The Morgan fingerprint density at radius 3 is 2.32 bits per heavy atom. The van der Waals surface area contributed by atoms with Crippen molar-refractivity contribution in [1.29, 1.82) is 0 Å². The Bertz CT molecular complexity index is 1170. The van der Waals surface area contributed by atoms with Gasteiger partial charge in [-0.25, -0.2) is 0 Å². The SMILES string of the molecule is C=CC(C(C)=O)c1ccc(/C=C/c2ccc(CC(N)CO)c(C34CC5CC(CC(C5)C3)C4)c2)c(CCC)c1. The lowest BCUT2D eigenvalue weighted by Crippen LogP contribution is -2.49. The number of nitrogens with two attached hydrogens (primary N) is 1. The van der Waals surface area contributed by atoms with E-state index >= 15 is 0 Å². The van der Waals surface area contributed by atoms with E-state index in [9.17, 15) is 9.90 Å². The van der Waals surface area contributed by atoms with E-state index in [1.165, 1.54) is 66.3 Å². The van der Waals surface area contributed by atoms with Gasteiger partial charge < -0.3 is 10.8 Å². The first-order chi connectivity index (χ1) is 18.3. The van der Waals surface area contributed by atoms with Crippen LogP contribution in [0.15, 0.2) is 49.1 Å². The van der Waals surface area contributed by atoms with Crippen molar-refractivity contribution < 1.29 is 9.90 Å². The van der Waals surface area contributed by atoms with E-state index in [1.54, 1.807) is 13.0 Å². The maximum absolute atomic E-state index is 12.1. The van der Waals surface area contributed by atoms with Crippen molar-refractivity contribution in [1.82, 2.24) is 0 Å². The Balaban J connectivity index is 1.48. The summed E-state index contributed by atoms with van der Waals surface area (Å²) in [6.07, 6.45) is 17.2. The molecule has 6 rings (SSSR count). The van der Waals surface area contributed by atoms with Gasteiger partial charge in [0.25, 0.3) is 0 Å². The van der Waals surface area contributed by atoms with Crippen LogP contribution < -0.4 is 5.73 Å². The van der Waals surface area contributed by atoms with Gasteiger partial charge in [0.15, 0.2) is 0 Å². The summed E-state index contributed by atoms with van der Waals surface area (Å²) in [5.74, 6) is 2.52. The van der Waals surface area contributed by atoms with Gasteiger partial charge in [-0.05, 0) is 115 Å². The molecule has 2 unspecified atom stereocenters. The van der Waals surface area contributed by atoms with Crippen LogP contribution in [-0.4, -0.2) is 23.5 Å². The quantitative estimate of drug-likeness (QED) is 0.252. The molecular weight excluding hydrogens is 466 g/mol. The van der Waals surface area contributed by atoms with Gasteiger partial charge in [0.2, 0.25) is 0 Å². The number of carbonyl (C=O) groups excluding carboxylic acids is 1. The van der Waals surface area contributed by atoms with E-state index in [1.807, 2.05) is 0 Å². The van der Waals surface area contributed by atoms with Crippen molar-refractivity contribution in [2.45, 2.75) is 89.0 Å². The smallest absolute Gasteiger partial charge is 0.141 e. The summed E-state index contributed by atoms with van der Waals surface area (Å²) in [4.78, 5) is 12.1. The molecule has 202 valence electrons. The Labute approximate surface area is 229 Å². The fourth-order valence-electron chi connectivity index (χ4n) is 8.35. The van der Waals surface area contributed by atoms with Crippen LogP contribution in [0.2, 0.25) is 0 Å². The Hall–Kier alpha value is -2.49. The number of aliphatic hydroxyl groups is 1. The normalized spacial score (nSPS) is 27.5. The summed E-state index contributed by atoms with van der Waals surface area (Å²) in [5.41, 5.74) is 14.1. The van der Waals surface area contributed by atoms with Crippen LogP contribution in [0.25, 0.3) is 12.2 Å². The average molecular weight is 512 g/mol. The molecule has 4 saturated carbocycles. The third-order valence-electron chi connectivity index (χ3n) is 9.63. The number of aliphatic hydroxyl groups excluding tert-OH is 1. The highest BCUT2D eigenvalue weighted by atomic mass is 16.3. The van der Waals surface area contributed by atoms with Crippen molar-refractivity contribution in [2.24, 2.45) is 23.5 Å². The molecule has 2 atom stereocenters. The zero-order valence-electron chi connectivity index (χ0n) is 23.3. The van der Waals surface area contributed by atoms with Crippen LogP contribution in [0.1, 0.15) is 98.1 Å². The number of rotatable bonds is 11. The molecule has 2 aromatic rings. The zero-order chi connectivity index (χ0) is 26.9. The monoisotopic (exact) mass is 511 g/mol. The molecule has 0 amide bonds. The van der Waals surface area contributed by atoms with Gasteiger partial charge in [-0.1, -0.05) is 68.0 Å². The largest absolute Gasteiger partial charge is 0.395 e. The lowest BCUT2D eigenvalue weighted by Gasteiger charge is -2.57. The minimum absolute atomic E-state index is 0.0223. The van der Waals surface area contributed by atoms with Gasteiger partial charge >= 0.3 is 0 Å². The molecule has 0 aromatic heterocycles. The Kier molecular flexibility index (Phi) is 8.07. The highest BCUT2D eigenvalue weighted by Crippen LogP contribution is 2.61. The minimum atomic E-state index is -0.246. The first kappa shape index (κ1) is 27.1. The number of aryl methyl sites for hydroxylation is 1. The predicted octanol–water partition coefficient (Wildman–Crippen LogP) is 7.00. The zero-order valence-corrected chi connectivity index (χ0v) is 23.3. The van der Waals surface area contributed by atoms with E-state index in [4.69, 9.17) is 5.73 Å². The molecule has 0 heterocycles. The Morgan fingerprint density at radius 2 is 1.74 bits per heavy atom. The molecule has 0 aliphatic heterocycles. The second-order valence-corrected chi connectivity index (χ2v) is 12.6. The molecule has 2 aromatic carbocycles. The molecule has 3 nitrogen and oxygen atoms in total. The van der Waals surface area contributed by atoms with Gasteiger partial charge in [0.1, 0.15) is 5.78 Å². The third kappa shape index (κ3) is 5.46. The van der Waals surface area contributed by atoms with Crippen LogP contribution in [-0.2, 0) is 23.1 Å². The van der Waals surface area contributed by atoms with Crippen LogP contribution in [0.5, 0.6) is 0 Å². The van der Waals surface area contributed by atoms with Crippen LogP contribution >= 0.6 is 0 Å². The lowest BCUT2D eigenvalue weighted by molar-refractivity contribution is -0.117. The van der Waals surface area contributed by atoms with Crippen LogP contribution in [0.4, 0.5) is 0 Å². The second-order valence-electron chi connectivity index (χ2n) is 12.6. The van der Waals surface area contributed by atoms with E-state index < -0.39 is 0 Å². The molecule has 38 heavy (non-hydrogen) atoms. The third-order valence-corrected chi connectivity index (χ3v) is 9.63. The van der Waals surface area contributed by atoms with Gasteiger partial charge in [0, 0.05) is 6.04 Å². The number of ketones is 1. The molecule has 4 aliphatic rings. The van der Waals surface area contributed by atoms with Crippen molar-refractivity contribution in [3.63, 3.8) is 0 Å². The second kappa shape index (κ2) is 11.3. The van der Waals surface area contributed by atoms with Crippen molar-refractivity contribution in [3.05, 3.63) is 82.4 Å². The summed E-state index contributed by atoms with van der Waals surface area (Å²) in [6, 6.07) is 13.2. The summed E-state index contributed by atoms with van der Waals surface area (Å²) in [6.45, 7) is 7.74. The Morgan fingerprint density at radius 1 is 1.05 bits per heavy atom. The van der Waals surface area contributed by atoms with E-state index in [2.05, 4.69) is 62.1 Å². The molecule has 4 aliphatic carbocycles. The summed E-state index contributed by atoms with van der Waals surface area (Å²) in [7, 11) is 0. The number of carbonyl (C=O) groups is 1. The topological polar surface area (TPSA) is 63.3 Å². The number of benzene rings is 2. The molecule has 0 spiro atoms. The fraction of sp³-hybridized carbons (Fsp3) is 0.514. The standard InChI is InChI=1S/C35H45NO2/c1-4-6-29-17-30(33(5-2)23(3)38)12-11-28(29)9-7-24-8-10-31(18-32(36)22-37)34(16-24)35-19-25-13-26(20-35)15-27(14-25)21-35/h5,7-12,16-17,25-27,32-33,37H,2,4,6,13-15,18-22,36H2,1,3H3/b9-7+. The number of hydrogen-bond acceptors (Lipinski definition) is 3. The van der Waals surface area contributed by atoms with Crippen LogP contribution in [0.3, 0.4) is 0 Å². The number of allylic oxidation sites excluding steroid dienone is 1. The summed E-state index contributed by atoms with van der Waals surface area (Å²) >= 11 is 0. The molecule has 4 bridgehead atoms. The van der Waals surface area contributed by atoms with Gasteiger partial charge in [-0.2, -0.15) is 0 Å². The molecule has 3 heteroatoms. The first-order valence-corrected chi connectivity index (χ1v) is 14.8. The first-order valence-electron chi connectivity index (χ1n) is 14.8. The van der Waals surface area contributed by atoms with Gasteiger partial charge in [-0.3, -0.25) is 4.79 Å². The van der Waals surface area contributed by atoms with Crippen molar-refractivity contribution >= 4 is 17.9 Å². The maximum atomic E-state index is 12.1. The fourth-order valence-corrected chi connectivity index (χ4v) is 8.35. The van der Waals surface area contributed by atoms with Gasteiger partial charge in [-0.15, -0.1) is 6.58 Å². The minimum Gasteiger partial charge on any atom is -0.395 e. The maximum Gasteiger partial charge on any atom is 0.141 e. The lowest BCUT2D eigenvalue weighted by atomic mass is 9.47. The predicted molar refractivity (Wildman–Crippen MR) is 158 cm³/mol. The highest BCUT2D eigenvalue weighted by molar-refractivity contribution is 5.85. The highest BCUT2D eigenvalue weighted by Gasteiger charge is 2.52. The number of hydrogen-bond donors (Lipinski definition) is 2. The molecular formula is C35H45NO2. The summed E-state index contributed by atoms with van der Waals surface area (Å²) in [5, 5.41) is 9.70. The van der Waals surface area contributed by atoms with E-state index in [0.717, 1.165) is 42.6 Å². The molecule has 0 saturated heterocycles. The van der Waals surface area contributed by atoms with E-state index in [0.29, 0.717) is 0 Å². The van der Waals surface area contributed by atoms with Crippen molar-refractivity contribution in [2.75, 3.05) is 6.61 Å². The molecule has 3 N–H and O–H groups in total. The molecule has 4 fully saturated rings. The average Bonchev–Trinajstić information content (AvgIpc) is 2.88. The van der Waals surface area contributed by atoms with E-state index in [-0.39, 0.29) is 29.8 Å². The molecule has 0 radical (unpaired) electrons. The number of Topliss-reactive ketones (excluding diaryl/α,β-unsaturated/α-hetero) is 1. The van der Waals surface area contributed by atoms with Gasteiger partial charge in [0.05, 0.1) is 12.5 Å². The summed E-state index contributed by atoms with van der Waals surface area (Å²) < 4.78 is 0. The van der Waals surface area contributed by atoms with Crippen LogP contribution in [0, 0.1) is 17.8 Å². The van der Waals surface area contributed by atoms with Crippen molar-refractivity contribution in [3.8, 4) is 0 Å².